The number of rotatable bonds is 4. The summed E-state index contributed by atoms with van der Waals surface area (Å²) in [6, 6.07) is 59.7. The minimum Gasteiger partial charge on any atom is -0.294 e. The van der Waals surface area contributed by atoms with Gasteiger partial charge in [-0.3, -0.25) is 4.57 Å². The number of hydrogen-bond donors (Lipinski definition) is 0. The van der Waals surface area contributed by atoms with Crippen molar-refractivity contribution in [2.24, 2.45) is 0 Å². The van der Waals surface area contributed by atoms with Crippen molar-refractivity contribution < 1.29 is 0 Å². The molecule has 0 saturated carbocycles. The summed E-state index contributed by atoms with van der Waals surface area (Å²) >= 11 is 0. The topological polar surface area (TPSA) is 30.7 Å². The van der Waals surface area contributed by atoms with E-state index in [4.69, 9.17) is 4.98 Å². The average Bonchev–Trinajstić information content (AvgIpc) is 3.72. The Balaban J connectivity index is 1.15. The van der Waals surface area contributed by atoms with Crippen molar-refractivity contribution in [3.8, 4) is 61.3 Å². The summed E-state index contributed by atoms with van der Waals surface area (Å²) in [5.41, 5.74) is 15.8. The van der Waals surface area contributed by atoms with Gasteiger partial charge in [-0.25, -0.2) is 9.97 Å². The molecule has 2 aromatic heterocycles. The van der Waals surface area contributed by atoms with E-state index in [9.17, 15) is 0 Å². The van der Waals surface area contributed by atoms with Crippen LogP contribution in [0, 0.1) is 0 Å². The number of para-hydroxylation sites is 1. The largest absolute Gasteiger partial charge is 0.294 e. The summed E-state index contributed by atoms with van der Waals surface area (Å²) < 4.78 is 2.24. The molecule has 0 aliphatic heterocycles. The van der Waals surface area contributed by atoms with Gasteiger partial charge in [-0.2, -0.15) is 0 Å². The molecule has 11 rings (SSSR count). The Morgan fingerprint density at radius 3 is 1.63 bits per heavy atom. The van der Waals surface area contributed by atoms with Gasteiger partial charge in [0.15, 0.2) is 0 Å². The van der Waals surface area contributed by atoms with E-state index >= 15 is 0 Å². The van der Waals surface area contributed by atoms with Crippen molar-refractivity contribution in [2.45, 2.75) is 0 Å². The van der Waals surface area contributed by atoms with Gasteiger partial charge in [0.1, 0.15) is 12.0 Å². The Labute approximate surface area is 294 Å². The maximum absolute atomic E-state index is 4.69. The van der Waals surface area contributed by atoms with Crippen LogP contribution in [-0.4, -0.2) is 14.5 Å². The molecule has 236 valence electrons. The molecule has 0 atom stereocenters. The summed E-state index contributed by atoms with van der Waals surface area (Å²) in [6.07, 6.45) is 3.54. The van der Waals surface area contributed by atoms with Gasteiger partial charge in [0.05, 0.1) is 5.52 Å². The Kier molecular flexibility index (Phi) is 5.96. The molecule has 1 aliphatic rings. The van der Waals surface area contributed by atoms with Crippen LogP contribution >= 0.6 is 0 Å². The monoisotopic (exact) mass is 647 g/mol. The Morgan fingerprint density at radius 2 is 0.941 bits per heavy atom. The maximum Gasteiger partial charge on any atom is 0.148 e. The fourth-order valence-corrected chi connectivity index (χ4v) is 8.61. The third-order valence-corrected chi connectivity index (χ3v) is 10.7. The first kappa shape index (κ1) is 28.0. The minimum absolute atomic E-state index is 0.915. The summed E-state index contributed by atoms with van der Waals surface area (Å²) in [5, 5.41) is 7.34. The van der Waals surface area contributed by atoms with E-state index in [2.05, 4.69) is 173 Å². The lowest BCUT2D eigenvalue weighted by Crippen LogP contribution is -1.95. The van der Waals surface area contributed by atoms with Crippen LogP contribution in [0.3, 0.4) is 0 Å². The van der Waals surface area contributed by atoms with Crippen molar-refractivity contribution in [1.82, 2.24) is 14.5 Å². The van der Waals surface area contributed by atoms with Gasteiger partial charge < -0.3 is 0 Å². The molecule has 3 heteroatoms. The molecule has 0 bridgehead atoms. The van der Waals surface area contributed by atoms with Crippen LogP contribution in [0.4, 0.5) is 0 Å². The van der Waals surface area contributed by atoms with Crippen molar-refractivity contribution in [3.05, 3.63) is 176 Å². The molecule has 8 aromatic carbocycles. The summed E-state index contributed by atoms with van der Waals surface area (Å²) in [6.45, 7) is 0. The molecular weight excluding hydrogens is 619 g/mol. The number of aromatic nitrogens is 3. The van der Waals surface area contributed by atoms with E-state index < -0.39 is 0 Å². The van der Waals surface area contributed by atoms with Crippen molar-refractivity contribution >= 4 is 43.5 Å². The first-order chi connectivity index (χ1) is 25.3. The van der Waals surface area contributed by atoms with Crippen LogP contribution in [0.25, 0.3) is 105 Å². The predicted octanol–water partition coefficient (Wildman–Crippen LogP) is 12.5. The second-order valence-electron chi connectivity index (χ2n) is 13.3. The maximum atomic E-state index is 4.69. The third-order valence-electron chi connectivity index (χ3n) is 10.7. The van der Waals surface area contributed by atoms with Crippen LogP contribution in [0.1, 0.15) is 0 Å². The van der Waals surface area contributed by atoms with Crippen LogP contribution in [-0.2, 0) is 0 Å². The third kappa shape index (κ3) is 4.00. The van der Waals surface area contributed by atoms with Gasteiger partial charge in [-0.15, -0.1) is 0 Å². The Morgan fingerprint density at radius 1 is 0.373 bits per heavy atom. The number of nitrogens with zero attached hydrogens (tertiary/aromatic N) is 3. The van der Waals surface area contributed by atoms with Crippen molar-refractivity contribution in [3.63, 3.8) is 0 Å². The van der Waals surface area contributed by atoms with E-state index in [-0.39, 0.29) is 0 Å². The fraction of sp³-hybridized carbons (Fsp3) is 0. The standard InChI is InChI=1S/C48H29N3/c1-3-12-31(13-4-1)43-37-17-7-8-18-38(37)44(32-14-5-2-6-15-32)47-40-27-26-34(36-19-11-20-39(45(36)40)46(43)47)30-22-24-33(25-23-30)51-42-21-10-9-16-35(42)41-28-49-29-50-48(41)51/h1-29H. The van der Waals surface area contributed by atoms with Gasteiger partial charge >= 0.3 is 0 Å². The zero-order valence-electron chi connectivity index (χ0n) is 27.6. The van der Waals surface area contributed by atoms with E-state index in [1.165, 1.54) is 77.2 Å². The molecule has 0 unspecified atom stereocenters. The highest BCUT2D eigenvalue weighted by Gasteiger charge is 2.31. The lowest BCUT2D eigenvalue weighted by molar-refractivity contribution is 1.11. The Hall–Kier alpha value is -6.84. The molecule has 0 fully saturated rings. The smallest absolute Gasteiger partial charge is 0.148 e. The second kappa shape index (κ2) is 10.8. The molecule has 0 saturated heterocycles. The second-order valence-corrected chi connectivity index (χ2v) is 13.3. The first-order valence-electron chi connectivity index (χ1n) is 17.4. The zero-order chi connectivity index (χ0) is 33.5. The Bertz CT molecular complexity index is 2850. The van der Waals surface area contributed by atoms with E-state index in [1.807, 2.05) is 6.20 Å². The fourth-order valence-electron chi connectivity index (χ4n) is 8.61. The number of benzene rings is 8. The highest BCUT2D eigenvalue weighted by Crippen LogP contribution is 2.58. The molecule has 0 radical (unpaired) electrons. The lowest BCUT2D eigenvalue weighted by Gasteiger charge is -2.20. The summed E-state index contributed by atoms with van der Waals surface area (Å²) in [5.74, 6) is 0. The van der Waals surface area contributed by atoms with Gasteiger partial charge in [0.2, 0.25) is 0 Å². The van der Waals surface area contributed by atoms with Gasteiger partial charge in [0, 0.05) is 22.7 Å². The van der Waals surface area contributed by atoms with Gasteiger partial charge in [-0.1, -0.05) is 146 Å². The van der Waals surface area contributed by atoms with Gasteiger partial charge in [-0.05, 0) is 95.4 Å². The molecule has 10 aromatic rings. The van der Waals surface area contributed by atoms with Gasteiger partial charge in [0.25, 0.3) is 0 Å². The predicted molar refractivity (Wildman–Crippen MR) is 212 cm³/mol. The van der Waals surface area contributed by atoms with Crippen molar-refractivity contribution in [1.29, 1.82) is 0 Å². The molecule has 0 amide bonds. The summed E-state index contributed by atoms with van der Waals surface area (Å²) in [4.78, 5) is 9.02. The first-order valence-corrected chi connectivity index (χ1v) is 17.4. The molecule has 1 aliphatic carbocycles. The van der Waals surface area contributed by atoms with Crippen LogP contribution in [0.5, 0.6) is 0 Å². The van der Waals surface area contributed by atoms with E-state index in [0.717, 1.165) is 27.6 Å². The number of hydrogen-bond acceptors (Lipinski definition) is 2. The highest BCUT2D eigenvalue weighted by atomic mass is 15.1. The summed E-state index contributed by atoms with van der Waals surface area (Å²) in [7, 11) is 0. The number of fused-ring (bicyclic) bond motifs is 7. The zero-order valence-corrected chi connectivity index (χ0v) is 27.6. The van der Waals surface area contributed by atoms with E-state index in [0.29, 0.717) is 0 Å². The highest BCUT2D eigenvalue weighted by molar-refractivity contribution is 6.28. The minimum atomic E-state index is 0.915. The van der Waals surface area contributed by atoms with Crippen LogP contribution in [0.2, 0.25) is 0 Å². The van der Waals surface area contributed by atoms with Crippen molar-refractivity contribution in [2.75, 3.05) is 0 Å². The van der Waals surface area contributed by atoms with Crippen LogP contribution < -0.4 is 0 Å². The van der Waals surface area contributed by atoms with E-state index in [1.54, 1.807) is 6.33 Å². The van der Waals surface area contributed by atoms with Crippen LogP contribution in [0.15, 0.2) is 176 Å². The normalized spacial score (nSPS) is 11.9. The molecule has 51 heavy (non-hydrogen) atoms. The molecule has 0 spiro atoms. The molecule has 2 heterocycles. The SMILES string of the molecule is c1ccc(-c2c3c(c(-c4ccccc4)c4ccccc24)-c2ccc(-c4ccc(-n5c6ccccc6c6cncnc65)cc4)c4cccc-3c24)cc1. The molecular formula is C48H29N3. The molecule has 3 nitrogen and oxygen atoms in total. The quantitative estimate of drug-likeness (QED) is 0.190. The molecule has 0 N–H and O–H groups in total. The lowest BCUT2D eigenvalue weighted by atomic mass is 9.82. The average molecular weight is 648 g/mol.